The molecule has 0 unspecified atom stereocenters. The highest BCUT2D eigenvalue weighted by molar-refractivity contribution is 8.01. The third-order valence-electron chi connectivity index (χ3n) is 4.49. The quantitative estimate of drug-likeness (QED) is 0.911. The Labute approximate surface area is 142 Å². The molecule has 3 aliphatic heterocycles. The van der Waals surface area contributed by atoms with E-state index in [-0.39, 0.29) is 5.91 Å². The van der Waals surface area contributed by atoms with Crippen LogP contribution in [0.5, 0.6) is 0 Å². The molecule has 5 rings (SSSR count). The number of thiophene rings is 2. The van der Waals surface area contributed by atoms with E-state index in [9.17, 15) is 4.79 Å². The van der Waals surface area contributed by atoms with Gasteiger partial charge >= 0.3 is 0 Å². The van der Waals surface area contributed by atoms with Crippen LogP contribution in [-0.4, -0.2) is 36.5 Å². The summed E-state index contributed by atoms with van der Waals surface area (Å²) in [5, 5.41) is 7.48. The molecule has 0 radical (unpaired) electrons. The van der Waals surface area contributed by atoms with Crippen LogP contribution in [0.25, 0.3) is 0 Å². The largest absolute Gasteiger partial charge is 0.347 e. The lowest BCUT2D eigenvalue weighted by molar-refractivity contribution is 0.0622. The Morgan fingerprint density at radius 3 is 2.82 bits per heavy atom. The zero-order valence-corrected chi connectivity index (χ0v) is 14.6. The van der Waals surface area contributed by atoms with Crippen molar-refractivity contribution in [1.29, 1.82) is 0 Å². The van der Waals surface area contributed by atoms with Gasteiger partial charge in [0, 0.05) is 22.9 Å². The molecule has 2 aromatic heterocycles. The average Bonchev–Trinajstić information content (AvgIpc) is 3.21. The summed E-state index contributed by atoms with van der Waals surface area (Å²) in [6.45, 7) is 3.44. The number of carbonyl (C=O) groups excluding carboxylic acids is 1. The zero-order valence-electron chi connectivity index (χ0n) is 12.2. The molecule has 2 bridgehead atoms. The summed E-state index contributed by atoms with van der Waals surface area (Å²) in [4.78, 5) is 17.0. The number of nitrogens with one attached hydrogen (secondary N) is 1. The van der Waals surface area contributed by atoms with E-state index in [0.717, 1.165) is 11.4 Å². The second-order valence-corrected chi connectivity index (χ2v) is 9.14. The smallest absolute Gasteiger partial charge is 0.261 e. The highest BCUT2D eigenvalue weighted by Crippen LogP contribution is 2.35. The van der Waals surface area contributed by atoms with E-state index >= 15 is 0 Å². The van der Waals surface area contributed by atoms with Gasteiger partial charge in [-0.2, -0.15) is 11.3 Å². The van der Waals surface area contributed by atoms with E-state index in [1.807, 2.05) is 6.07 Å². The van der Waals surface area contributed by atoms with Crippen LogP contribution in [0, 0.1) is 5.92 Å². The molecule has 116 valence electrons. The highest BCUT2D eigenvalue weighted by Gasteiger charge is 2.35. The molecule has 0 aliphatic carbocycles. The number of nitrogens with zero attached hydrogens (tertiary/aromatic N) is 1. The van der Waals surface area contributed by atoms with Gasteiger partial charge in [0.25, 0.3) is 5.91 Å². The number of amides is 1. The van der Waals surface area contributed by atoms with Crippen LogP contribution in [-0.2, 0) is 0 Å². The Kier molecular flexibility index (Phi) is 4.26. The van der Waals surface area contributed by atoms with Gasteiger partial charge in [-0.1, -0.05) is 11.8 Å². The molecular formula is C16H18N2OS3. The van der Waals surface area contributed by atoms with Gasteiger partial charge in [-0.3, -0.25) is 4.79 Å². The molecule has 3 aliphatic rings. The monoisotopic (exact) mass is 350 g/mol. The molecular weight excluding hydrogens is 332 g/mol. The van der Waals surface area contributed by atoms with Gasteiger partial charge in [0.2, 0.25) is 0 Å². The van der Waals surface area contributed by atoms with Gasteiger partial charge in [-0.15, -0.1) is 11.3 Å². The fourth-order valence-electron chi connectivity index (χ4n) is 3.29. The lowest BCUT2D eigenvalue weighted by atomic mass is 9.84. The van der Waals surface area contributed by atoms with E-state index in [0.29, 0.717) is 12.0 Å². The minimum absolute atomic E-state index is 0.0981. The number of fused-ring (bicyclic) bond motifs is 3. The third-order valence-corrected chi connectivity index (χ3v) is 7.53. The standard InChI is InChI=1S/C16H18N2OS3/c19-16(17-13-9-18-6-3-11(13)4-7-18)14-1-2-15(22-14)21-12-5-8-20-10-12/h1-2,5,8,10-11,13H,3-4,6-7,9H2,(H,17,19)/t13-/m0/s1. The molecule has 5 heterocycles. The van der Waals surface area contributed by atoms with E-state index in [1.165, 1.54) is 35.0 Å². The number of hydrogen-bond donors (Lipinski definition) is 1. The van der Waals surface area contributed by atoms with Gasteiger partial charge in [0.1, 0.15) is 0 Å². The van der Waals surface area contributed by atoms with Crippen LogP contribution in [0.3, 0.4) is 0 Å². The second kappa shape index (κ2) is 6.35. The van der Waals surface area contributed by atoms with Crippen molar-refractivity contribution >= 4 is 40.3 Å². The minimum Gasteiger partial charge on any atom is -0.347 e. The third kappa shape index (κ3) is 3.11. The van der Waals surface area contributed by atoms with E-state index in [1.54, 1.807) is 34.4 Å². The Morgan fingerprint density at radius 1 is 1.27 bits per heavy atom. The maximum atomic E-state index is 12.5. The van der Waals surface area contributed by atoms with Gasteiger partial charge in [0.15, 0.2) is 0 Å². The molecule has 2 aromatic rings. The second-order valence-electron chi connectivity index (χ2n) is 5.90. The van der Waals surface area contributed by atoms with Crippen molar-refractivity contribution in [1.82, 2.24) is 10.2 Å². The van der Waals surface area contributed by atoms with Crippen LogP contribution in [0.2, 0.25) is 0 Å². The summed E-state index contributed by atoms with van der Waals surface area (Å²) >= 11 is 5.02. The van der Waals surface area contributed by atoms with E-state index in [2.05, 4.69) is 33.1 Å². The number of hydrogen-bond acceptors (Lipinski definition) is 5. The lowest BCUT2D eigenvalue weighted by Gasteiger charge is -2.44. The van der Waals surface area contributed by atoms with Crippen molar-refractivity contribution in [2.75, 3.05) is 19.6 Å². The molecule has 0 aromatic carbocycles. The van der Waals surface area contributed by atoms with E-state index < -0.39 is 0 Å². The predicted molar refractivity (Wildman–Crippen MR) is 93.2 cm³/mol. The van der Waals surface area contributed by atoms with Crippen LogP contribution < -0.4 is 5.32 Å². The van der Waals surface area contributed by atoms with Crippen molar-refractivity contribution in [2.45, 2.75) is 28.0 Å². The Hall–Kier alpha value is -0.820. The Bertz CT molecular complexity index is 644. The Balaban J connectivity index is 1.39. The molecule has 6 heteroatoms. The van der Waals surface area contributed by atoms with Crippen molar-refractivity contribution in [3.63, 3.8) is 0 Å². The van der Waals surface area contributed by atoms with Crippen LogP contribution in [0.1, 0.15) is 22.5 Å². The van der Waals surface area contributed by atoms with Crippen LogP contribution in [0.4, 0.5) is 0 Å². The summed E-state index contributed by atoms with van der Waals surface area (Å²) in [5.74, 6) is 0.773. The summed E-state index contributed by atoms with van der Waals surface area (Å²) in [5.41, 5.74) is 0. The predicted octanol–water partition coefficient (Wildman–Crippen LogP) is 3.78. The maximum Gasteiger partial charge on any atom is 0.261 e. The van der Waals surface area contributed by atoms with Gasteiger partial charge in [-0.05, 0) is 55.4 Å². The van der Waals surface area contributed by atoms with Crippen molar-refractivity contribution in [3.8, 4) is 0 Å². The van der Waals surface area contributed by atoms with E-state index in [4.69, 9.17) is 0 Å². The van der Waals surface area contributed by atoms with Gasteiger partial charge < -0.3 is 10.2 Å². The SMILES string of the molecule is O=C(N[C@H]1CN2CCC1CC2)c1ccc(Sc2ccsc2)s1. The molecule has 3 nitrogen and oxygen atoms in total. The fourth-order valence-corrected chi connectivity index (χ4v) is 6.12. The van der Waals surface area contributed by atoms with Crippen LogP contribution in [0.15, 0.2) is 38.1 Å². The topological polar surface area (TPSA) is 32.3 Å². The highest BCUT2D eigenvalue weighted by atomic mass is 32.2. The number of piperidine rings is 3. The normalized spacial score (nSPS) is 27.0. The maximum absolute atomic E-state index is 12.5. The lowest BCUT2D eigenvalue weighted by Crippen LogP contribution is -2.57. The minimum atomic E-state index is 0.0981. The molecule has 1 amide bonds. The molecule has 1 atom stereocenters. The van der Waals surface area contributed by atoms with Gasteiger partial charge in [-0.25, -0.2) is 0 Å². The zero-order chi connectivity index (χ0) is 14.9. The first-order valence-electron chi connectivity index (χ1n) is 7.61. The molecule has 22 heavy (non-hydrogen) atoms. The van der Waals surface area contributed by atoms with Gasteiger partial charge in [0.05, 0.1) is 9.09 Å². The first-order valence-corrected chi connectivity index (χ1v) is 10.2. The van der Waals surface area contributed by atoms with Crippen LogP contribution >= 0.6 is 34.4 Å². The first-order chi connectivity index (χ1) is 10.8. The van der Waals surface area contributed by atoms with Crippen molar-refractivity contribution < 1.29 is 4.79 Å². The summed E-state index contributed by atoms with van der Waals surface area (Å²) in [6, 6.07) is 6.46. The molecule has 3 saturated heterocycles. The Morgan fingerprint density at radius 2 is 2.14 bits per heavy atom. The average molecular weight is 351 g/mol. The molecule has 3 fully saturated rings. The fraction of sp³-hybridized carbons (Fsp3) is 0.438. The molecule has 0 saturated carbocycles. The molecule has 0 spiro atoms. The number of rotatable bonds is 4. The molecule has 1 N–H and O–H groups in total. The summed E-state index contributed by atoms with van der Waals surface area (Å²) < 4.78 is 1.18. The summed E-state index contributed by atoms with van der Waals surface area (Å²) in [7, 11) is 0. The first kappa shape index (κ1) is 14.8. The van der Waals surface area contributed by atoms with Crippen molar-refractivity contribution in [3.05, 3.63) is 33.8 Å². The summed E-state index contributed by atoms with van der Waals surface area (Å²) in [6.07, 6.45) is 2.46. The van der Waals surface area contributed by atoms with Crippen molar-refractivity contribution in [2.24, 2.45) is 5.92 Å². The number of carbonyl (C=O) groups is 1.